The van der Waals surface area contributed by atoms with E-state index in [1.54, 1.807) is 0 Å². The first-order valence-electron chi connectivity index (χ1n) is 11.8. The molecular formula is C26H34F2N2O3S. The maximum absolute atomic E-state index is 13.7. The topological polar surface area (TPSA) is 81.6 Å². The van der Waals surface area contributed by atoms with Crippen molar-refractivity contribution in [2.75, 3.05) is 12.3 Å². The average molecular weight is 493 g/mol. The molecule has 2 atom stereocenters. The highest BCUT2D eigenvalue weighted by Gasteiger charge is 2.32. The molecule has 1 fully saturated rings. The number of aliphatic hydroxyl groups is 2. The van der Waals surface area contributed by atoms with Crippen LogP contribution < -0.4 is 10.6 Å². The second-order valence-electron chi connectivity index (χ2n) is 8.97. The minimum absolute atomic E-state index is 0.0501. The molecule has 1 aliphatic rings. The molecule has 2 aromatic rings. The van der Waals surface area contributed by atoms with Crippen LogP contribution in [0.2, 0.25) is 0 Å². The molecule has 3 rings (SSSR count). The molecule has 1 amide bonds. The van der Waals surface area contributed by atoms with Crippen molar-refractivity contribution in [3.8, 4) is 0 Å². The van der Waals surface area contributed by atoms with Gasteiger partial charge in [0.15, 0.2) is 0 Å². The number of halogens is 2. The van der Waals surface area contributed by atoms with E-state index in [9.17, 15) is 23.8 Å². The fourth-order valence-corrected chi connectivity index (χ4v) is 5.31. The van der Waals surface area contributed by atoms with Gasteiger partial charge in [-0.15, -0.1) is 11.8 Å². The molecule has 186 valence electrons. The van der Waals surface area contributed by atoms with Gasteiger partial charge in [0, 0.05) is 19.2 Å². The molecule has 4 N–H and O–H groups in total. The van der Waals surface area contributed by atoms with Gasteiger partial charge >= 0.3 is 0 Å². The van der Waals surface area contributed by atoms with Crippen LogP contribution >= 0.6 is 11.8 Å². The van der Waals surface area contributed by atoms with E-state index in [-0.39, 0.29) is 24.6 Å². The van der Waals surface area contributed by atoms with Crippen LogP contribution in [0.3, 0.4) is 0 Å². The summed E-state index contributed by atoms with van der Waals surface area (Å²) in [6.07, 6.45) is 3.20. The number of thioether (sulfide) groups is 1. The lowest BCUT2D eigenvalue weighted by Gasteiger charge is -2.26. The van der Waals surface area contributed by atoms with E-state index < -0.39 is 28.7 Å². The molecule has 0 saturated heterocycles. The molecule has 0 aliphatic heterocycles. The van der Waals surface area contributed by atoms with Crippen molar-refractivity contribution >= 4 is 17.7 Å². The summed E-state index contributed by atoms with van der Waals surface area (Å²) in [6, 6.07) is 10.6. The quantitative estimate of drug-likeness (QED) is 0.340. The van der Waals surface area contributed by atoms with Crippen molar-refractivity contribution in [1.82, 2.24) is 10.6 Å². The van der Waals surface area contributed by atoms with Crippen molar-refractivity contribution in [1.29, 1.82) is 0 Å². The summed E-state index contributed by atoms with van der Waals surface area (Å²) in [5, 5.41) is 27.3. The Morgan fingerprint density at radius 2 is 1.76 bits per heavy atom. The smallest absolute Gasteiger partial charge is 0.230 e. The highest BCUT2D eigenvalue weighted by molar-refractivity contribution is 8.01. The van der Waals surface area contributed by atoms with Gasteiger partial charge in [-0.05, 0) is 67.3 Å². The number of amides is 1. The van der Waals surface area contributed by atoms with E-state index in [0.717, 1.165) is 30.9 Å². The highest BCUT2D eigenvalue weighted by atomic mass is 32.2. The van der Waals surface area contributed by atoms with Crippen LogP contribution in [0.1, 0.15) is 49.3 Å². The summed E-state index contributed by atoms with van der Waals surface area (Å²) in [6.45, 7) is 2.82. The van der Waals surface area contributed by atoms with Crippen LogP contribution in [0.25, 0.3) is 0 Å². The van der Waals surface area contributed by atoms with Crippen molar-refractivity contribution in [2.45, 2.75) is 69.1 Å². The van der Waals surface area contributed by atoms with E-state index in [2.05, 4.69) is 29.7 Å². The predicted molar refractivity (Wildman–Crippen MR) is 131 cm³/mol. The lowest BCUT2D eigenvalue weighted by Crippen LogP contribution is -2.49. The zero-order chi connectivity index (χ0) is 24.6. The maximum Gasteiger partial charge on any atom is 0.230 e. The number of hydrogen-bond donors (Lipinski definition) is 4. The van der Waals surface area contributed by atoms with Gasteiger partial charge in [-0.2, -0.15) is 0 Å². The molecule has 1 saturated carbocycles. The normalized spacial score (nSPS) is 16.9. The summed E-state index contributed by atoms with van der Waals surface area (Å²) in [7, 11) is 0. The molecule has 0 aromatic heterocycles. The molecule has 2 aromatic carbocycles. The molecule has 0 spiro atoms. The zero-order valence-electron chi connectivity index (χ0n) is 19.5. The molecule has 0 unspecified atom stereocenters. The molecule has 0 bridgehead atoms. The fraction of sp³-hybridized carbons (Fsp3) is 0.500. The van der Waals surface area contributed by atoms with Gasteiger partial charge in [-0.25, -0.2) is 8.78 Å². The van der Waals surface area contributed by atoms with E-state index in [1.165, 1.54) is 29.5 Å². The van der Waals surface area contributed by atoms with Gasteiger partial charge in [0.05, 0.1) is 17.9 Å². The van der Waals surface area contributed by atoms with Crippen molar-refractivity contribution in [3.05, 3.63) is 70.8 Å². The molecule has 0 radical (unpaired) electrons. The minimum atomic E-state index is -0.982. The van der Waals surface area contributed by atoms with Gasteiger partial charge in [-0.3, -0.25) is 4.79 Å². The van der Waals surface area contributed by atoms with E-state index in [1.807, 2.05) is 12.1 Å². The zero-order valence-corrected chi connectivity index (χ0v) is 20.3. The average Bonchev–Trinajstić information content (AvgIpc) is 3.23. The van der Waals surface area contributed by atoms with Crippen molar-refractivity contribution in [2.24, 2.45) is 0 Å². The Labute approximate surface area is 204 Å². The van der Waals surface area contributed by atoms with Crippen LogP contribution in [-0.2, 0) is 24.2 Å². The molecular weight excluding hydrogens is 458 g/mol. The monoisotopic (exact) mass is 492 g/mol. The van der Waals surface area contributed by atoms with Crippen LogP contribution in [0.4, 0.5) is 8.78 Å². The van der Waals surface area contributed by atoms with E-state index >= 15 is 0 Å². The molecule has 8 heteroatoms. The Bertz CT molecular complexity index is 933. The van der Waals surface area contributed by atoms with E-state index in [0.29, 0.717) is 24.9 Å². The summed E-state index contributed by atoms with van der Waals surface area (Å²) >= 11 is 1.20. The number of benzene rings is 2. The summed E-state index contributed by atoms with van der Waals surface area (Å²) in [4.78, 5) is 11.7. The Kier molecular flexibility index (Phi) is 9.88. The fourth-order valence-electron chi connectivity index (χ4n) is 4.25. The second-order valence-corrected chi connectivity index (χ2v) is 10.3. The molecule has 5 nitrogen and oxygen atoms in total. The third-order valence-corrected chi connectivity index (χ3v) is 7.48. The van der Waals surface area contributed by atoms with Gasteiger partial charge in [0.2, 0.25) is 5.91 Å². The Morgan fingerprint density at radius 3 is 2.44 bits per heavy atom. The van der Waals surface area contributed by atoms with Crippen LogP contribution in [0.15, 0.2) is 42.5 Å². The molecule has 34 heavy (non-hydrogen) atoms. The van der Waals surface area contributed by atoms with Crippen molar-refractivity contribution in [3.63, 3.8) is 0 Å². The standard InChI is InChI=1S/C26H34F2N2O3S/c1-2-18-6-5-7-19(10-18)15-29-16-24(31)23(13-20-11-21(27)14-22(28)12-20)30-25(32)17-34-26(33)8-3-4-9-26/h5-7,10-12,14,23-24,29,31,33H,2-4,8-9,13,15-17H2,1H3,(H,30,32)/t23-,24+/m0/s1. The number of rotatable bonds is 12. The largest absolute Gasteiger partial charge is 0.390 e. The number of nitrogens with one attached hydrogen (secondary N) is 2. The Balaban J connectivity index is 1.61. The van der Waals surface area contributed by atoms with Crippen LogP contribution in [0.5, 0.6) is 0 Å². The number of carbonyl (C=O) groups is 1. The first-order chi connectivity index (χ1) is 16.3. The number of aryl methyl sites for hydroxylation is 1. The van der Waals surface area contributed by atoms with Gasteiger partial charge in [-0.1, -0.05) is 31.2 Å². The van der Waals surface area contributed by atoms with E-state index in [4.69, 9.17) is 0 Å². The Hall–Kier alpha value is -2.00. The number of aliphatic hydroxyl groups excluding tert-OH is 1. The van der Waals surface area contributed by atoms with Gasteiger partial charge in [0.25, 0.3) is 0 Å². The van der Waals surface area contributed by atoms with Gasteiger partial charge < -0.3 is 20.8 Å². The SMILES string of the molecule is CCc1cccc(CNC[C@@H](O)[C@H](Cc2cc(F)cc(F)c2)NC(=O)CSC2(O)CCCC2)c1. The number of hydrogen-bond acceptors (Lipinski definition) is 5. The van der Waals surface area contributed by atoms with Crippen molar-refractivity contribution < 1.29 is 23.8 Å². The lowest BCUT2D eigenvalue weighted by molar-refractivity contribution is -0.120. The minimum Gasteiger partial charge on any atom is -0.390 e. The predicted octanol–water partition coefficient (Wildman–Crippen LogP) is 3.70. The summed E-state index contributed by atoms with van der Waals surface area (Å²) in [5.41, 5.74) is 2.65. The number of carbonyl (C=O) groups excluding carboxylic acids is 1. The maximum atomic E-state index is 13.7. The van der Waals surface area contributed by atoms with Crippen LogP contribution in [-0.4, -0.2) is 45.5 Å². The third-order valence-electron chi connectivity index (χ3n) is 6.13. The summed E-state index contributed by atoms with van der Waals surface area (Å²) < 4.78 is 27.4. The molecule has 1 aliphatic carbocycles. The molecule has 0 heterocycles. The third kappa shape index (κ3) is 8.34. The lowest BCUT2D eigenvalue weighted by atomic mass is 10.0. The Morgan fingerprint density at radius 1 is 1.09 bits per heavy atom. The van der Waals surface area contributed by atoms with Crippen LogP contribution in [0, 0.1) is 11.6 Å². The van der Waals surface area contributed by atoms with Gasteiger partial charge in [0.1, 0.15) is 16.6 Å². The first kappa shape index (κ1) is 26.6. The highest BCUT2D eigenvalue weighted by Crippen LogP contribution is 2.38. The first-order valence-corrected chi connectivity index (χ1v) is 12.8. The summed E-state index contributed by atoms with van der Waals surface area (Å²) in [5.74, 6) is -1.69. The second kappa shape index (κ2) is 12.6.